The summed E-state index contributed by atoms with van der Waals surface area (Å²) in [7, 11) is 0. The third kappa shape index (κ3) is 4.62. The van der Waals surface area contributed by atoms with Crippen LogP contribution in [0.1, 0.15) is 26.7 Å². The van der Waals surface area contributed by atoms with Crippen LogP contribution in [0.15, 0.2) is 0 Å². The lowest BCUT2D eigenvalue weighted by Crippen LogP contribution is -2.48. The van der Waals surface area contributed by atoms with Crippen molar-refractivity contribution in [3.05, 3.63) is 0 Å². The van der Waals surface area contributed by atoms with E-state index in [-0.39, 0.29) is 24.4 Å². The first-order chi connectivity index (χ1) is 6.65. The van der Waals surface area contributed by atoms with Crippen molar-refractivity contribution in [1.82, 2.24) is 4.90 Å². The fourth-order valence-corrected chi connectivity index (χ4v) is 2.70. The van der Waals surface area contributed by atoms with Crippen molar-refractivity contribution in [1.29, 1.82) is 0 Å². The highest BCUT2D eigenvalue weighted by Crippen LogP contribution is 2.18. The van der Waals surface area contributed by atoms with Gasteiger partial charge in [-0.05, 0) is 6.42 Å². The molecule has 0 saturated carbocycles. The third-order valence-electron chi connectivity index (χ3n) is 2.47. The van der Waals surface area contributed by atoms with Crippen molar-refractivity contribution >= 4 is 30.1 Å². The molecule has 2 atom stereocenters. The SMILES string of the molecule is CCCC(N)C(=O)N1CCSC(C)C1.Cl. The Kier molecular flexibility index (Phi) is 7.40. The maximum atomic E-state index is 11.8. The summed E-state index contributed by atoms with van der Waals surface area (Å²) < 4.78 is 0. The number of nitrogens with two attached hydrogens (primary N) is 1. The number of halogens is 1. The van der Waals surface area contributed by atoms with Gasteiger partial charge < -0.3 is 10.6 Å². The Labute approximate surface area is 103 Å². The van der Waals surface area contributed by atoms with E-state index in [1.54, 1.807) is 0 Å². The summed E-state index contributed by atoms with van der Waals surface area (Å²) in [5, 5.41) is 0.557. The molecular weight excluding hydrogens is 232 g/mol. The highest BCUT2D eigenvalue weighted by Gasteiger charge is 2.24. The molecule has 1 aliphatic rings. The molecule has 90 valence electrons. The predicted octanol–water partition coefficient (Wildman–Crippen LogP) is 1.50. The van der Waals surface area contributed by atoms with E-state index in [1.807, 2.05) is 16.7 Å². The van der Waals surface area contributed by atoms with Crippen LogP contribution in [0.4, 0.5) is 0 Å². The average molecular weight is 253 g/mol. The predicted molar refractivity (Wildman–Crippen MR) is 68.6 cm³/mol. The lowest BCUT2D eigenvalue weighted by molar-refractivity contribution is -0.132. The van der Waals surface area contributed by atoms with Gasteiger partial charge in [0.25, 0.3) is 0 Å². The summed E-state index contributed by atoms with van der Waals surface area (Å²) in [5.74, 6) is 1.19. The summed E-state index contributed by atoms with van der Waals surface area (Å²) in [6.07, 6.45) is 1.78. The van der Waals surface area contributed by atoms with Crippen molar-refractivity contribution in [2.24, 2.45) is 5.73 Å². The zero-order chi connectivity index (χ0) is 10.6. The lowest BCUT2D eigenvalue weighted by atomic mass is 10.1. The number of hydrogen-bond acceptors (Lipinski definition) is 3. The van der Waals surface area contributed by atoms with Crippen LogP contribution in [0, 0.1) is 0 Å². The molecule has 1 saturated heterocycles. The molecule has 0 radical (unpaired) electrons. The zero-order valence-corrected chi connectivity index (χ0v) is 11.1. The summed E-state index contributed by atoms with van der Waals surface area (Å²) in [4.78, 5) is 13.7. The van der Waals surface area contributed by atoms with E-state index < -0.39 is 0 Å². The molecule has 1 rings (SSSR count). The standard InChI is InChI=1S/C10H20N2OS.ClH/c1-3-4-9(11)10(13)12-5-6-14-8(2)7-12;/h8-9H,3-7,11H2,1-2H3;1H. The molecule has 2 unspecified atom stereocenters. The molecule has 1 heterocycles. The quantitative estimate of drug-likeness (QED) is 0.828. The van der Waals surface area contributed by atoms with Crippen molar-refractivity contribution in [3.8, 4) is 0 Å². The zero-order valence-electron chi connectivity index (χ0n) is 9.44. The van der Waals surface area contributed by atoms with E-state index in [2.05, 4.69) is 13.8 Å². The van der Waals surface area contributed by atoms with Crippen molar-refractivity contribution in [3.63, 3.8) is 0 Å². The van der Waals surface area contributed by atoms with Crippen molar-refractivity contribution in [2.45, 2.75) is 38.0 Å². The van der Waals surface area contributed by atoms with Gasteiger partial charge in [-0.3, -0.25) is 4.79 Å². The van der Waals surface area contributed by atoms with Crippen LogP contribution in [0.25, 0.3) is 0 Å². The minimum atomic E-state index is -0.282. The summed E-state index contributed by atoms with van der Waals surface area (Å²) in [5.41, 5.74) is 5.81. The molecule has 0 spiro atoms. The topological polar surface area (TPSA) is 46.3 Å². The third-order valence-corrected chi connectivity index (χ3v) is 3.61. The van der Waals surface area contributed by atoms with E-state index in [0.29, 0.717) is 5.25 Å². The van der Waals surface area contributed by atoms with Crippen LogP contribution in [0.3, 0.4) is 0 Å². The van der Waals surface area contributed by atoms with E-state index in [0.717, 1.165) is 31.7 Å². The number of rotatable bonds is 3. The van der Waals surface area contributed by atoms with Crippen molar-refractivity contribution < 1.29 is 4.79 Å². The molecule has 1 amide bonds. The van der Waals surface area contributed by atoms with Crippen LogP contribution in [-0.4, -0.2) is 40.9 Å². The molecular formula is C10H21ClN2OS. The second-order valence-corrected chi connectivity index (χ2v) is 5.41. The Morgan fingerprint density at radius 2 is 2.33 bits per heavy atom. The molecule has 15 heavy (non-hydrogen) atoms. The molecule has 2 N–H and O–H groups in total. The van der Waals surface area contributed by atoms with Gasteiger partial charge in [0.2, 0.25) is 5.91 Å². The molecule has 0 aromatic rings. The van der Waals surface area contributed by atoms with Gasteiger partial charge in [-0.25, -0.2) is 0 Å². The van der Waals surface area contributed by atoms with Crippen molar-refractivity contribution in [2.75, 3.05) is 18.8 Å². The first kappa shape index (κ1) is 15.1. The maximum Gasteiger partial charge on any atom is 0.239 e. The van der Waals surface area contributed by atoms with E-state index >= 15 is 0 Å². The highest BCUT2D eigenvalue weighted by molar-refractivity contribution is 7.99. The van der Waals surface area contributed by atoms with Gasteiger partial charge in [-0.15, -0.1) is 12.4 Å². The minimum Gasteiger partial charge on any atom is -0.339 e. The minimum absolute atomic E-state index is 0. The molecule has 0 bridgehead atoms. The largest absolute Gasteiger partial charge is 0.339 e. The fourth-order valence-electron chi connectivity index (χ4n) is 1.69. The van der Waals surface area contributed by atoms with Crippen LogP contribution >= 0.6 is 24.2 Å². The van der Waals surface area contributed by atoms with E-state index in [1.165, 1.54) is 0 Å². The summed E-state index contributed by atoms with van der Waals surface area (Å²) >= 11 is 1.93. The Balaban J connectivity index is 0.00000196. The Hall–Kier alpha value is 0.0700. The molecule has 1 fully saturated rings. The van der Waals surface area contributed by atoms with Gasteiger partial charge in [0.15, 0.2) is 0 Å². The van der Waals surface area contributed by atoms with Crippen LogP contribution in [0.5, 0.6) is 0 Å². The number of thioether (sulfide) groups is 1. The number of carbonyl (C=O) groups is 1. The first-order valence-corrected chi connectivity index (χ1v) is 6.36. The van der Waals surface area contributed by atoms with Crippen LogP contribution < -0.4 is 5.73 Å². The number of nitrogens with zero attached hydrogens (tertiary/aromatic N) is 1. The molecule has 5 heteroatoms. The molecule has 0 aliphatic carbocycles. The average Bonchev–Trinajstić information content (AvgIpc) is 2.17. The van der Waals surface area contributed by atoms with Gasteiger partial charge in [-0.2, -0.15) is 11.8 Å². The normalized spacial score (nSPS) is 23.1. The smallest absolute Gasteiger partial charge is 0.239 e. The second-order valence-electron chi connectivity index (χ2n) is 3.86. The molecule has 0 aromatic heterocycles. The fraction of sp³-hybridized carbons (Fsp3) is 0.900. The Bertz CT molecular complexity index is 204. The van der Waals surface area contributed by atoms with E-state index in [4.69, 9.17) is 5.73 Å². The maximum absolute atomic E-state index is 11.8. The van der Waals surface area contributed by atoms with Crippen LogP contribution in [0.2, 0.25) is 0 Å². The van der Waals surface area contributed by atoms with Gasteiger partial charge >= 0.3 is 0 Å². The lowest BCUT2D eigenvalue weighted by Gasteiger charge is -2.32. The number of hydrogen-bond donors (Lipinski definition) is 1. The highest BCUT2D eigenvalue weighted by atomic mass is 35.5. The van der Waals surface area contributed by atoms with E-state index in [9.17, 15) is 4.79 Å². The summed E-state index contributed by atoms with van der Waals surface area (Å²) in [6.45, 7) is 5.95. The second kappa shape index (κ2) is 7.36. The summed E-state index contributed by atoms with van der Waals surface area (Å²) in [6, 6.07) is -0.282. The molecule has 3 nitrogen and oxygen atoms in total. The van der Waals surface area contributed by atoms with Gasteiger partial charge in [-0.1, -0.05) is 20.3 Å². The van der Waals surface area contributed by atoms with Gasteiger partial charge in [0.1, 0.15) is 0 Å². The Morgan fingerprint density at radius 1 is 1.67 bits per heavy atom. The first-order valence-electron chi connectivity index (χ1n) is 5.31. The van der Waals surface area contributed by atoms with Crippen LogP contribution in [-0.2, 0) is 4.79 Å². The number of amides is 1. The number of carbonyl (C=O) groups excluding carboxylic acids is 1. The molecule has 0 aromatic carbocycles. The molecule has 1 aliphatic heterocycles. The monoisotopic (exact) mass is 252 g/mol. The van der Waals surface area contributed by atoms with Gasteiger partial charge in [0.05, 0.1) is 6.04 Å². The van der Waals surface area contributed by atoms with Gasteiger partial charge in [0, 0.05) is 24.1 Å². The Morgan fingerprint density at radius 3 is 2.87 bits per heavy atom.